The highest BCUT2D eigenvalue weighted by Gasteiger charge is 2.13. The molecule has 0 aromatic rings. The minimum Gasteiger partial charge on any atom is -0.0625 e. The number of hydrogen-bond acceptors (Lipinski definition) is 0. The Kier molecular flexibility index (Phi) is 11.3. The molecule has 0 aromatic carbocycles. The predicted octanol–water partition coefficient (Wildman–Crippen LogP) is 8.01. The summed E-state index contributed by atoms with van der Waals surface area (Å²) in [6, 6.07) is 0. The molecule has 0 bridgehead atoms. The molecule has 0 radical (unpaired) electrons. The van der Waals surface area contributed by atoms with Crippen LogP contribution in [-0.2, 0) is 0 Å². The fourth-order valence-corrected chi connectivity index (χ4v) is 3.97. The van der Waals surface area contributed by atoms with E-state index in [0.29, 0.717) is 0 Å². The van der Waals surface area contributed by atoms with Crippen molar-refractivity contribution in [3.63, 3.8) is 0 Å². The predicted molar refractivity (Wildman–Crippen MR) is 101 cm³/mol. The van der Waals surface area contributed by atoms with E-state index in [1.165, 1.54) is 89.9 Å². The van der Waals surface area contributed by atoms with Gasteiger partial charge >= 0.3 is 0 Å². The Morgan fingerprint density at radius 3 is 1.59 bits per heavy atom. The molecule has 0 aromatic heterocycles. The second kappa shape index (κ2) is 12.4. The Labute approximate surface area is 141 Å². The second-order valence-electron chi connectivity index (χ2n) is 8.75. The molecule has 0 spiro atoms. The summed E-state index contributed by atoms with van der Waals surface area (Å²) in [5.41, 5.74) is 0. The molecular formula is C22H44. The van der Waals surface area contributed by atoms with Gasteiger partial charge in [0.1, 0.15) is 0 Å². The SMILES string of the molecule is CC1CCCCCCC(CCC(C)C(C)C)CCCCCC1. The van der Waals surface area contributed by atoms with E-state index in [1.54, 1.807) is 0 Å². The normalized spacial score (nSPS) is 28.2. The van der Waals surface area contributed by atoms with Crippen LogP contribution in [0.2, 0.25) is 0 Å². The molecule has 22 heavy (non-hydrogen) atoms. The molecule has 0 aliphatic heterocycles. The molecular weight excluding hydrogens is 264 g/mol. The molecule has 1 unspecified atom stereocenters. The van der Waals surface area contributed by atoms with Crippen molar-refractivity contribution < 1.29 is 0 Å². The van der Waals surface area contributed by atoms with Gasteiger partial charge in [-0.25, -0.2) is 0 Å². The summed E-state index contributed by atoms with van der Waals surface area (Å²) in [6.07, 6.45) is 20.9. The lowest BCUT2D eigenvalue weighted by Gasteiger charge is -2.21. The first-order valence-electron chi connectivity index (χ1n) is 10.6. The lowest BCUT2D eigenvalue weighted by atomic mass is 9.84. The van der Waals surface area contributed by atoms with Gasteiger partial charge < -0.3 is 0 Å². The van der Waals surface area contributed by atoms with Crippen LogP contribution in [-0.4, -0.2) is 0 Å². The van der Waals surface area contributed by atoms with E-state index < -0.39 is 0 Å². The maximum Gasteiger partial charge on any atom is -0.0414 e. The van der Waals surface area contributed by atoms with E-state index in [1.807, 2.05) is 0 Å². The van der Waals surface area contributed by atoms with Gasteiger partial charge in [0.05, 0.1) is 0 Å². The van der Waals surface area contributed by atoms with Gasteiger partial charge in [-0.05, 0) is 23.7 Å². The van der Waals surface area contributed by atoms with Crippen molar-refractivity contribution >= 4 is 0 Å². The van der Waals surface area contributed by atoms with E-state index in [-0.39, 0.29) is 0 Å². The first-order valence-corrected chi connectivity index (χ1v) is 10.6. The third-order valence-electron chi connectivity index (χ3n) is 6.29. The summed E-state index contributed by atoms with van der Waals surface area (Å²) in [7, 11) is 0. The molecule has 1 aliphatic rings. The number of rotatable bonds is 4. The van der Waals surface area contributed by atoms with E-state index in [0.717, 1.165) is 23.7 Å². The van der Waals surface area contributed by atoms with Crippen molar-refractivity contribution in [2.75, 3.05) is 0 Å². The third kappa shape index (κ3) is 9.90. The monoisotopic (exact) mass is 308 g/mol. The fraction of sp³-hybridized carbons (Fsp3) is 1.00. The average Bonchev–Trinajstić information content (AvgIpc) is 2.49. The molecule has 1 saturated carbocycles. The highest BCUT2D eigenvalue weighted by molar-refractivity contribution is 4.66. The van der Waals surface area contributed by atoms with Crippen LogP contribution in [0.1, 0.15) is 118 Å². The molecule has 0 heterocycles. The van der Waals surface area contributed by atoms with Crippen LogP contribution in [0.25, 0.3) is 0 Å². The summed E-state index contributed by atoms with van der Waals surface area (Å²) >= 11 is 0. The molecule has 0 N–H and O–H groups in total. The van der Waals surface area contributed by atoms with Crippen molar-refractivity contribution in [1.29, 1.82) is 0 Å². The summed E-state index contributed by atoms with van der Waals surface area (Å²) < 4.78 is 0. The minimum absolute atomic E-state index is 0.862. The highest BCUT2D eigenvalue weighted by atomic mass is 14.2. The van der Waals surface area contributed by atoms with Crippen LogP contribution in [0.5, 0.6) is 0 Å². The molecule has 1 atom stereocenters. The van der Waals surface area contributed by atoms with Gasteiger partial charge in [-0.2, -0.15) is 0 Å². The summed E-state index contributed by atoms with van der Waals surface area (Å²) in [5.74, 6) is 3.78. The van der Waals surface area contributed by atoms with Crippen molar-refractivity contribution in [1.82, 2.24) is 0 Å². The molecule has 0 heteroatoms. The first kappa shape index (κ1) is 20.0. The molecule has 1 aliphatic carbocycles. The Bertz CT molecular complexity index is 226. The van der Waals surface area contributed by atoms with Gasteiger partial charge in [0, 0.05) is 0 Å². The topological polar surface area (TPSA) is 0 Å². The zero-order valence-corrected chi connectivity index (χ0v) is 16.2. The van der Waals surface area contributed by atoms with Crippen molar-refractivity contribution in [3.05, 3.63) is 0 Å². The van der Waals surface area contributed by atoms with E-state index in [9.17, 15) is 0 Å². The van der Waals surface area contributed by atoms with Gasteiger partial charge in [-0.1, -0.05) is 118 Å². The summed E-state index contributed by atoms with van der Waals surface area (Å²) in [6.45, 7) is 9.70. The summed E-state index contributed by atoms with van der Waals surface area (Å²) in [5, 5.41) is 0. The minimum atomic E-state index is 0.862. The van der Waals surface area contributed by atoms with E-state index in [2.05, 4.69) is 27.7 Å². The molecule has 132 valence electrons. The Morgan fingerprint density at radius 2 is 1.14 bits per heavy atom. The van der Waals surface area contributed by atoms with E-state index in [4.69, 9.17) is 0 Å². The molecule has 1 rings (SSSR count). The highest BCUT2D eigenvalue weighted by Crippen LogP contribution is 2.28. The van der Waals surface area contributed by atoms with Gasteiger partial charge in [-0.15, -0.1) is 0 Å². The average molecular weight is 309 g/mol. The molecule has 1 fully saturated rings. The fourth-order valence-electron chi connectivity index (χ4n) is 3.97. The standard InChI is InChI=1S/C22H44/c1-19(2)21(4)17-18-22-15-11-7-5-9-13-20(3)14-10-6-8-12-16-22/h19-22H,5-18H2,1-4H3. The van der Waals surface area contributed by atoms with Gasteiger partial charge in [0.25, 0.3) is 0 Å². The van der Waals surface area contributed by atoms with Crippen LogP contribution < -0.4 is 0 Å². The second-order valence-corrected chi connectivity index (χ2v) is 8.75. The Hall–Kier alpha value is 0. The lowest BCUT2D eigenvalue weighted by Crippen LogP contribution is -2.08. The van der Waals surface area contributed by atoms with Crippen LogP contribution in [0.15, 0.2) is 0 Å². The third-order valence-corrected chi connectivity index (χ3v) is 6.29. The maximum atomic E-state index is 2.47. The number of hydrogen-bond donors (Lipinski definition) is 0. The van der Waals surface area contributed by atoms with Crippen LogP contribution >= 0.6 is 0 Å². The van der Waals surface area contributed by atoms with Crippen molar-refractivity contribution in [2.24, 2.45) is 23.7 Å². The lowest BCUT2D eigenvalue weighted by molar-refractivity contribution is 0.308. The van der Waals surface area contributed by atoms with Gasteiger partial charge in [-0.3, -0.25) is 0 Å². The zero-order valence-electron chi connectivity index (χ0n) is 16.2. The zero-order chi connectivity index (χ0) is 16.2. The smallest absolute Gasteiger partial charge is 0.0414 e. The quantitative estimate of drug-likeness (QED) is 0.493. The Balaban J connectivity index is 2.31. The van der Waals surface area contributed by atoms with Gasteiger partial charge in [0.15, 0.2) is 0 Å². The Morgan fingerprint density at radius 1 is 0.682 bits per heavy atom. The van der Waals surface area contributed by atoms with Crippen LogP contribution in [0.4, 0.5) is 0 Å². The first-order chi connectivity index (χ1) is 10.6. The van der Waals surface area contributed by atoms with E-state index >= 15 is 0 Å². The molecule has 0 nitrogen and oxygen atoms in total. The largest absolute Gasteiger partial charge is 0.0625 e. The molecule has 0 amide bonds. The summed E-state index contributed by atoms with van der Waals surface area (Å²) in [4.78, 5) is 0. The maximum absolute atomic E-state index is 2.47. The van der Waals surface area contributed by atoms with Crippen LogP contribution in [0, 0.1) is 23.7 Å². The van der Waals surface area contributed by atoms with Crippen molar-refractivity contribution in [3.8, 4) is 0 Å². The molecule has 0 saturated heterocycles. The van der Waals surface area contributed by atoms with Gasteiger partial charge in [0.2, 0.25) is 0 Å². The van der Waals surface area contributed by atoms with Crippen molar-refractivity contribution in [2.45, 2.75) is 118 Å². The van der Waals surface area contributed by atoms with Crippen LogP contribution in [0.3, 0.4) is 0 Å².